The minimum atomic E-state index is -0.547. The molecule has 4 nitrogen and oxygen atoms in total. The third-order valence-corrected chi connectivity index (χ3v) is 12.9. The maximum Gasteiger partial charge on any atom is 0.160 e. The van der Waals surface area contributed by atoms with Crippen LogP contribution < -0.4 is 4.90 Å². The van der Waals surface area contributed by atoms with Crippen molar-refractivity contribution in [1.82, 2.24) is 9.97 Å². The molecule has 12 rings (SSSR count). The van der Waals surface area contributed by atoms with E-state index in [0.717, 1.165) is 50.5 Å². The van der Waals surface area contributed by atoms with Gasteiger partial charge >= 0.3 is 0 Å². The van der Waals surface area contributed by atoms with E-state index >= 15 is 0 Å². The van der Waals surface area contributed by atoms with Crippen molar-refractivity contribution in [3.05, 3.63) is 258 Å². The van der Waals surface area contributed by atoms with E-state index in [2.05, 4.69) is 193 Å². The van der Waals surface area contributed by atoms with Crippen LogP contribution in [0.2, 0.25) is 0 Å². The number of rotatable bonds is 6. The van der Waals surface area contributed by atoms with Gasteiger partial charge in [0.25, 0.3) is 0 Å². The minimum absolute atomic E-state index is 0.547. The zero-order valence-corrected chi connectivity index (χ0v) is 34.7. The molecule has 0 unspecified atom stereocenters. The molecule has 1 aliphatic carbocycles. The Morgan fingerprint density at radius 3 is 1.61 bits per heavy atom. The second-order valence-corrected chi connectivity index (χ2v) is 16.4. The number of anilines is 3. The van der Waals surface area contributed by atoms with Crippen LogP contribution in [0, 0.1) is 11.3 Å². The van der Waals surface area contributed by atoms with Crippen LogP contribution in [-0.4, -0.2) is 9.97 Å². The van der Waals surface area contributed by atoms with Crippen LogP contribution in [0.15, 0.2) is 231 Å². The standard InChI is InChI=1S/C60H38N4/c61-39-40-17-13-20-42(35-40)43-21-14-24-46(36-43)59-62-54(41-18-3-1-4-19-41)38-55(63-59)45-23-15-22-44(37-45)48-28-16-32-53-58(48)49-27-7-8-29-50(49)60(53)51-30-9-11-33-56(51)64(47-25-5-2-6-26-47)57-34-12-10-31-52(57)60/h1-38H. The molecule has 1 spiro atoms. The zero-order valence-electron chi connectivity index (χ0n) is 34.7. The number of fused-ring (bicyclic) bond motifs is 9. The number of para-hydroxylation sites is 3. The summed E-state index contributed by atoms with van der Waals surface area (Å²) in [7, 11) is 0. The maximum atomic E-state index is 9.60. The van der Waals surface area contributed by atoms with Crippen LogP contribution in [0.5, 0.6) is 0 Å². The summed E-state index contributed by atoms with van der Waals surface area (Å²) in [4.78, 5) is 12.9. The van der Waals surface area contributed by atoms with Gasteiger partial charge in [0.15, 0.2) is 5.82 Å². The van der Waals surface area contributed by atoms with E-state index in [9.17, 15) is 5.26 Å². The molecular weight excluding hydrogens is 777 g/mol. The molecule has 0 radical (unpaired) electrons. The minimum Gasteiger partial charge on any atom is -0.310 e. The Morgan fingerprint density at radius 2 is 0.875 bits per heavy atom. The number of benzene rings is 9. The first kappa shape index (κ1) is 37.1. The monoisotopic (exact) mass is 814 g/mol. The zero-order chi connectivity index (χ0) is 42.6. The summed E-state index contributed by atoms with van der Waals surface area (Å²) in [5.74, 6) is 0.635. The van der Waals surface area contributed by atoms with Crippen LogP contribution in [0.25, 0.3) is 67.3 Å². The molecule has 0 bridgehead atoms. The van der Waals surface area contributed by atoms with Crippen molar-refractivity contribution in [3.8, 4) is 73.4 Å². The highest BCUT2D eigenvalue weighted by Gasteiger charge is 2.52. The molecule has 0 N–H and O–H groups in total. The van der Waals surface area contributed by atoms with Gasteiger partial charge in [-0.3, -0.25) is 0 Å². The first-order chi connectivity index (χ1) is 31.7. The van der Waals surface area contributed by atoms with Gasteiger partial charge in [0.1, 0.15) is 0 Å². The Kier molecular flexibility index (Phi) is 8.74. The van der Waals surface area contributed by atoms with E-state index in [1.807, 2.05) is 48.5 Å². The third kappa shape index (κ3) is 5.83. The molecule has 1 aliphatic heterocycles. The lowest BCUT2D eigenvalue weighted by molar-refractivity contribution is 0.753. The highest BCUT2D eigenvalue weighted by Crippen LogP contribution is 2.64. The largest absolute Gasteiger partial charge is 0.310 e. The predicted molar refractivity (Wildman–Crippen MR) is 259 cm³/mol. The van der Waals surface area contributed by atoms with Crippen molar-refractivity contribution >= 4 is 17.1 Å². The van der Waals surface area contributed by atoms with Crippen LogP contribution in [0.1, 0.15) is 27.8 Å². The Hall–Kier alpha value is -8.65. The second kappa shape index (κ2) is 15.1. The van der Waals surface area contributed by atoms with E-state index in [0.29, 0.717) is 11.4 Å². The third-order valence-electron chi connectivity index (χ3n) is 12.9. The molecule has 0 saturated carbocycles. The summed E-state index contributed by atoms with van der Waals surface area (Å²) in [6.45, 7) is 0. The van der Waals surface area contributed by atoms with Crippen LogP contribution >= 0.6 is 0 Å². The Morgan fingerprint density at radius 1 is 0.375 bits per heavy atom. The first-order valence-corrected chi connectivity index (χ1v) is 21.6. The molecule has 4 heteroatoms. The van der Waals surface area contributed by atoms with Crippen molar-refractivity contribution in [2.75, 3.05) is 4.90 Å². The van der Waals surface area contributed by atoms with Crippen LogP contribution in [-0.2, 0) is 5.41 Å². The van der Waals surface area contributed by atoms with E-state index in [1.54, 1.807) is 0 Å². The van der Waals surface area contributed by atoms with E-state index < -0.39 is 5.41 Å². The molecule has 1 aromatic heterocycles. The van der Waals surface area contributed by atoms with Gasteiger partial charge in [0.05, 0.1) is 39.8 Å². The van der Waals surface area contributed by atoms with E-state index in [4.69, 9.17) is 9.97 Å². The molecule has 0 fully saturated rings. The van der Waals surface area contributed by atoms with Gasteiger partial charge in [0, 0.05) is 22.4 Å². The van der Waals surface area contributed by atoms with E-state index in [-0.39, 0.29) is 0 Å². The maximum absolute atomic E-state index is 9.60. The Labute approximate surface area is 372 Å². The fraction of sp³-hybridized carbons (Fsp3) is 0.0167. The smallest absolute Gasteiger partial charge is 0.160 e. The SMILES string of the molecule is N#Cc1cccc(-c2cccc(-c3nc(-c4ccccc4)cc(-c4cccc(-c5cccc6c5-c5ccccc5C65c6ccccc6N(c6ccccc6)c6ccccc65)c4)n3)c2)c1. The average molecular weight is 815 g/mol. The molecule has 2 aliphatic rings. The summed E-state index contributed by atoms with van der Waals surface area (Å²) in [5, 5.41) is 9.60. The summed E-state index contributed by atoms with van der Waals surface area (Å²) >= 11 is 0. The lowest BCUT2D eigenvalue weighted by atomic mass is 9.64. The molecule has 0 amide bonds. The lowest BCUT2D eigenvalue weighted by Crippen LogP contribution is -2.36. The van der Waals surface area contributed by atoms with Crippen molar-refractivity contribution in [1.29, 1.82) is 5.26 Å². The fourth-order valence-corrected chi connectivity index (χ4v) is 10.2. The summed E-state index contributed by atoms with van der Waals surface area (Å²) in [5.41, 5.74) is 20.0. The number of nitrogens with zero attached hydrogens (tertiary/aromatic N) is 4. The molecule has 0 atom stereocenters. The van der Waals surface area contributed by atoms with Gasteiger partial charge in [-0.25, -0.2) is 9.97 Å². The van der Waals surface area contributed by atoms with E-state index in [1.165, 1.54) is 50.3 Å². The van der Waals surface area contributed by atoms with Crippen molar-refractivity contribution < 1.29 is 0 Å². The van der Waals surface area contributed by atoms with Crippen LogP contribution in [0.3, 0.4) is 0 Å². The van der Waals surface area contributed by atoms with Crippen molar-refractivity contribution in [2.24, 2.45) is 0 Å². The summed E-state index contributed by atoms with van der Waals surface area (Å²) in [6, 6.07) is 84.0. The molecule has 9 aromatic carbocycles. The number of hydrogen-bond donors (Lipinski definition) is 0. The number of hydrogen-bond acceptors (Lipinski definition) is 4. The van der Waals surface area contributed by atoms with Crippen LogP contribution in [0.4, 0.5) is 17.1 Å². The Balaban J connectivity index is 1.03. The average Bonchev–Trinajstić information content (AvgIpc) is 3.68. The van der Waals surface area contributed by atoms with Crippen molar-refractivity contribution in [3.63, 3.8) is 0 Å². The molecular formula is C60H38N4. The summed E-state index contributed by atoms with van der Waals surface area (Å²) < 4.78 is 0. The lowest BCUT2D eigenvalue weighted by Gasteiger charge is -2.45. The molecule has 2 heterocycles. The van der Waals surface area contributed by atoms with Gasteiger partial charge < -0.3 is 4.90 Å². The number of aromatic nitrogens is 2. The Bertz CT molecular complexity index is 3430. The second-order valence-electron chi connectivity index (χ2n) is 16.4. The normalized spacial score (nSPS) is 12.8. The number of nitriles is 1. The molecule has 298 valence electrons. The molecule has 0 saturated heterocycles. The quantitative estimate of drug-likeness (QED) is 0.168. The predicted octanol–water partition coefficient (Wildman–Crippen LogP) is 14.8. The topological polar surface area (TPSA) is 52.8 Å². The highest BCUT2D eigenvalue weighted by atomic mass is 15.2. The van der Waals surface area contributed by atoms with Gasteiger partial charge in [-0.1, -0.05) is 176 Å². The summed E-state index contributed by atoms with van der Waals surface area (Å²) in [6.07, 6.45) is 0. The van der Waals surface area contributed by atoms with Gasteiger partial charge in [-0.2, -0.15) is 5.26 Å². The van der Waals surface area contributed by atoms with Crippen molar-refractivity contribution in [2.45, 2.75) is 5.41 Å². The molecule has 64 heavy (non-hydrogen) atoms. The van der Waals surface area contributed by atoms with Gasteiger partial charge in [-0.05, 0) is 110 Å². The van der Waals surface area contributed by atoms with Gasteiger partial charge in [-0.15, -0.1) is 0 Å². The molecule has 10 aromatic rings. The first-order valence-electron chi connectivity index (χ1n) is 21.6. The van der Waals surface area contributed by atoms with Gasteiger partial charge in [0.2, 0.25) is 0 Å². The highest BCUT2D eigenvalue weighted by molar-refractivity contribution is 6.00. The fourth-order valence-electron chi connectivity index (χ4n) is 10.2.